The third kappa shape index (κ3) is 3.54. The number of nitrogens with one attached hydrogen (secondary N) is 1. The van der Waals surface area contributed by atoms with Crippen molar-refractivity contribution in [2.75, 3.05) is 5.32 Å². The Morgan fingerprint density at radius 1 is 1.47 bits per heavy atom. The largest absolute Gasteiger partial charge is 0.301 e. The maximum absolute atomic E-state index is 11.9. The molecule has 2 rings (SSSR count). The van der Waals surface area contributed by atoms with Crippen LogP contribution in [-0.4, -0.2) is 15.7 Å². The highest BCUT2D eigenvalue weighted by molar-refractivity contribution is 9.10. The predicted molar refractivity (Wildman–Crippen MR) is 85.3 cm³/mol. The van der Waals surface area contributed by atoms with E-state index < -0.39 is 0 Å². The fourth-order valence-electron chi connectivity index (χ4n) is 1.81. The molecule has 1 aromatic heterocycles. The topological polar surface area (TPSA) is 42.0 Å². The molecule has 1 aromatic carbocycles. The first-order valence-corrected chi connectivity index (χ1v) is 8.21. The number of alkyl halides is 1. The summed E-state index contributed by atoms with van der Waals surface area (Å²) >= 11 is 4.92. The Morgan fingerprint density at radius 2 is 2.26 bits per heavy atom. The number of aryl methyl sites for hydroxylation is 1. The number of halogens is 1. The zero-order valence-electron chi connectivity index (χ0n) is 11.1. The molecule has 2 aromatic rings. The van der Waals surface area contributed by atoms with E-state index in [-0.39, 0.29) is 10.7 Å². The summed E-state index contributed by atoms with van der Waals surface area (Å²) in [7, 11) is 0. The zero-order valence-corrected chi connectivity index (χ0v) is 13.5. The molecular formula is C14H17BrN2OS. The highest BCUT2D eigenvalue weighted by atomic mass is 79.9. The van der Waals surface area contributed by atoms with Crippen LogP contribution < -0.4 is 5.32 Å². The molecule has 0 radical (unpaired) electrons. The molecule has 3 nitrogen and oxygen atoms in total. The monoisotopic (exact) mass is 340 g/mol. The molecule has 1 heterocycles. The lowest BCUT2D eigenvalue weighted by molar-refractivity contribution is -0.115. The van der Waals surface area contributed by atoms with Crippen LogP contribution in [0.3, 0.4) is 0 Å². The number of benzene rings is 1. The quantitative estimate of drug-likeness (QED) is 0.821. The smallest absolute Gasteiger partial charge is 0.239 e. The van der Waals surface area contributed by atoms with Crippen molar-refractivity contribution in [2.24, 2.45) is 0 Å². The highest BCUT2D eigenvalue weighted by Crippen LogP contribution is 2.27. The number of carbonyl (C=O) groups excluding carboxylic acids is 1. The molecule has 0 spiro atoms. The van der Waals surface area contributed by atoms with E-state index in [1.165, 1.54) is 16.9 Å². The van der Waals surface area contributed by atoms with Crippen molar-refractivity contribution in [1.29, 1.82) is 0 Å². The van der Waals surface area contributed by atoms with Crippen molar-refractivity contribution in [3.8, 4) is 0 Å². The van der Waals surface area contributed by atoms with Crippen LogP contribution in [0, 0.1) is 0 Å². The lowest BCUT2D eigenvalue weighted by Gasteiger charge is -2.06. The van der Waals surface area contributed by atoms with Crippen LogP contribution in [0.5, 0.6) is 0 Å². The average molecular weight is 341 g/mol. The van der Waals surface area contributed by atoms with E-state index in [4.69, 9.17) is 0 Å². The first kappa shape index (κ1) is 14.5. The van der Waals surface area contributed by atoms with Gasteiger partial charge in [-0.05, 0) is 30.5 Å². The molecule has 0 saturated heterocycles. The van der Waals surface area contributed by atoms with Crippen LogP contribution in [-0.2, 0) is 11.2 Å². The molecule has 0 saturated carbocycles. The van der Waals surface area contributed by atoms with Gasteiger partial charge in [0.2, 0.25) is 5.91 Å². The Labute approximate surface area is 125 Å². The molecule has 19 heavy (non-hydrogen) atoms. The first-order chi connectivity index (χ1) is 9.13. The number of rotatable bonds is 5. The molecule has 1 atom stereocenters. The van der Waals surface area contributed by atoms with Gasteiger partial charge in [0, 0.05) is 0 Å². The van der Waals surface area contributed by atoms with Crippen molar-refractivity contribution in [2.45, 2.75) is 37.9 Å². The predicted octanol–water partition coefficient (Wildman–Crippen LogP) is 4.36. The summed E-state index contributed by atoms with van der Waals surface area (Å²) in [6.07, 6.45) is 2.81. The standard InChI is InChI=1S/C14H17BrN2OS/c1-3-5-10(15)13(18)17-14-16-11-7-6-9(4-2)8-12(11)19-14/h6-8,10H,3-5H2,1-2H3,(H,16,17,18)/t10-/m1/s1. The lowest BCUT2D eigenvalue weighted by atomic mass is 10.2. The molecule has 1 N–H and O–H groups in total. The van der Waals surface area contributed by atoms with E-state index >= 15 is 0 Å². The summed E-state index contributed by atoms with van der Waals surface area (Å²) < 4.78 is 1.12. The highest BCUT2D eigenvalue weighted by Gasteiger charge is 2.15. The Balaban J connectivity index is 2.15. The fraction of sp³-hybridized carbons (Fsp3) is 0.429. The average Bonchev–Trinajstić information content (AvgIpc) is 2.79. The molecular weight excluding hydrogens is 324 g/mol. The van der Waals surface area contributed by atoms with Gasteiger partial charge in [0.15, 0.2) is 5.13 Å². The SMILES string of the molecule is CCC[C@@H](Br)C(=O)Nc1nc2ccc(CC)cc2s1. The van der Waals surface area contributed by atoms with E-state index in [0.717, 1.165) is 29.5 Å². The van der Waals surface area contributed by atoms with Crippen molar-refractivity contribution in [3.63, 3.8) is 0 Å². The van der Waals surface area contributed by atoms with Crippen LogP contribution in [0.4, 0.5) is 5.13 Å². The number of nitrogens with zero attached hydrogens (tertiary/aromatic N) is 1. The van der Waals surface area contributed by atoms with Crippen molar-refractivity contribution in [1.82, 2.24) is 4.98 Å². The van der Waals surface area contributed by atoms with Crippen LogP contribution in [0.1, 0.15) is 32.3 Å². The number of carbonyl (C=O) groups is 1. The molecule has 102 valence electrons. The van der Waals surface area contributed by atoms with Gasteiger partial charge in [0.1, 0.15) is 0 Å². The van der Waals surface area contributed by atoms with E-state index in [1.54, 1.807) is 0 Å². The number of anilines is 1. The van der Waals surface area contributed by atoms with E-state index in [0.29, 0.717) is 5.13 Å². The van der Waals surface area contributed by atoms with Gasteiger partial charge in [-0.1, -0.05) is 53.6 Å². The molecule has 0 fully saturated rings. The van der Waals surface area contributed by atoms with Crippen LogP contribution in [0.25, 0.3) is 10.2 Å². The molecule has 0 bridgehead atoms. The molecule has 0 aliphatic rings. The van der Waals surface area contributed by atoms with Gasteiger partial charge in [-0.15, -0.1) is 0 Å². The third-order valence-electron chi connectivity index (χ3n) is 2.92. The number of thiazole rings is 1. The second kappa shape index (κ2) is 6.48. The Kier molecular flexibility index (Phi) is 4.93. The molecule has 0 aliphatic heterocycles. The summed E-state index contributed by atoms with van der Waals surface area (Å²) in [5.74, 6) is -0.0170. The molecule has 1 amide bonds. The van der Waals surface area contributed by atoms with E-state index in [9.17, 15) is 4.79 Å². The van der Waals surface area contributed by atoms with E-state index in [2.05, 4.69) is 52.2 Å². The molecule has 0 aliphatic carbocycles. The minimum atomic E-state index is -0.143. The number of aromatic nitrogens is 1. The van der Waals surface area contributed by atoms with Gasteiger partial charge >= 0.3 is 0 Å². The van der Waals surface area contributed by atoms with Crippen molar-refractivity contribution in [3.05, 3.63) is 23.8 Å². The maximum Gasteiger partial charge on any atom is 0.239 e. The number of amides is 1. The zero-order chi connectivity index (χ0) is 13.8. The number of hydrogen-bond acceptors (Lipinski definition) is 3. The van der Waals surface area contributed by atoms with Crippen molar-refractivity contribution >= 4 is 48.5 Å². The minimum Gasteiger partial charge on any atom is -0.301 e. The van der Waals surface area contributed by atoms with Crippen molar-refractivity contribution < 1.29 is 4.79 Å². The summed E-state index contributed by atoms with van der Waals surface area (Å²) in [5, 5.41) is 3.55. The van der Waals surface area contributed by atoms with Gasteiger partial charge in [-0.25, -0.2) is 4.98 Å². The molecule has 0 unspecified atom stereocenters. The number of hydrogen-bond donors (Lipinski definition) is 1. The second-order valence-electron chi connectivity index (χ2n) is 4.42. The first-order valence-electron chi connectivity index (χ1n) is 6.48. The number of fused-ring (bicyclic) bond motifs is 1. The summed E-state index contributed by atoms with van der Waals surface area (Å²) in [4.78, 5) is 16.2. The van der Waals surface area contributed by atoms with Crippen LogP contribution in [0.2, 0.25) is 0 Å². The van der Waals surface area contributed by atoms with Gasteiger partial charge in [0.25, 0.3) is 0 Å². The summed E-state index contributed by atoms with van der Waals surface area (Å²) in [5.41, 5.74) is 2.23. The Bertz CT molecular complexity index is 582. The molecule has 5 heteroatoms. The van der Waals surface area contributed by atoms with E-state index in [1.807, 2.05) is 6.07 Å². The fourth-order valence-corrected chi connectivity index (χ4v) is 3.32. The second-order valence-corrected chi connectivity index (χ2v) is 6.56. The summed E-state index contributed by atoms with van der Waals surface area (Å²) in [6.45, 7) is 4.19. The van der Waals surface area contributed by atoms with Gasteiger partial charge in [-0.2, -0.15) is 0 Å². The third-order valence-corrected chi connectivity index (χ3v) is 4.73. The minimum absolute atomic E-state index is 0.0170. The van der Waals surface area contributed by atoms with Gasteiger partial charge < -0.3 is 5.32 Å². The normalized spacial score (nSPS) is 12.6. The van der Waals surface area contributed by atoms with Gasteiger partial charge in [0.05, 0.1) is 15.0 Å². The lowest BCUT2D eigenvalue weighted by Crippen LogP contribution is -2.22. The maximum atomic E-state index is 11.9. The van der Waals surface area contributed by atoms with Gasteiger partial charge in [-0.3, -0.25) is 4.79 Å². The Morgan fingerprint density at radius 3 is 2.95 bits per heavy atom. The Hall–Kier alpha value is -0.940. The van der Waals surface area contributed by atoms with Crippen LogP contribution in [0.15, 0.2) is 18.2 Å². The van der Waals surface area contributed by atoms with Crippen LogP contribution >= 0.6 is 27.3 Å². The summed E-state index contributed by atoms with van der Waals surface area (Å²) in [6, 6.07) is 6.23.